The Bertz CT molecular complexity index is 1450. The molecule has 1 saturated heterocycles. The summed E-state index contributed by atoms with van der Waals surface area (Å²) in [6.07, 6.45) is -7.25. The van der Waals surface area contributed by atoms with Crippen molar-refractivity contribution in [3.05, 3.63) is 76.7 Å². The van der Waals surface area contributed by atoms with Crippen LogP contribution >= 0.6 is 0 Å². The van der Waals surface area contributed by atoms with Gasteiger partial charge in [-0.2, -0.15) is 26.3 Å². The Hall–Kier alpha value is -3.67. The lowest BCUT2D eigenvalue weighted by Gasteiger charge is -2.32. The highest BCUT2D eigenvalue weighted by Crippen LogP contribution is 2.41. The van der Waals surface area contributed by atoms with Gasteiger partial charge in [0.05, 0.1) is 41.1 Å². The fourth-order valence-corrected chi connectivity index (χ4v) is 5.26. The number of alkyl halides is 6. The van der Waals surface area contributed by atoms with E-state index in [9.17, 15) is 40.6 Å². The molecule has 1 unspecified atom stereocenters. The lowest BCUT2D eigenvalue weighted by atomic mass is 9.81. The Labute approximate surface area is 238 Å². The molecule has 4 rings (SSSR count). The molecule has 5 nitrogen and oxygen atoms in total. The lowest BCUT2D eigenvalue weighted by Crippen LogP contribution is -2.42. The molecule has 3 aromatic rings. The van der Waals surface area contributed by atoms with Crippen molar-refractivity contribution in [2.24, 2.45) is 0 Å². The fourth-order valence-electron chi connectivity index (χ4n) is 5.26. The molecule has 12 heteroatoms. The Morgan fingerprint density at radius 2 is 1.57 bits per heavy atom. The number of hydrogen-bond acceptors (Lipinski definition) is 4. The number of amides is 1. The van der Waals surface area contributed by atoms with E-state index in [4.69, 9.17) is 0 Å². The van der Waals surface area contributed by atoms with Crippen LogP contribution in [0.4, 0.5) is 42.2 Å². The average Bonchev–Trinajstić information content (AvgIpc) is 3.41. The number of benzene rings is 2. The van der Waals surface area contributed by atoms with E-state index in [-0.39, 0.29) is 24.4 Å². The molecule has 42 heavy (non-hydrogen) atoms. The first kappa shape index (κ1) is 31.3. The Morgan fingerprint density at radius 1 is 0.976 bits per heavy atom. The van der Waals surface area contributed by atoms with Gasteiger partial charge in [-0.3, -0.25) is 4.79 Å². The molecule has 0 saturated carbocycles. The van der Waals surface area contributed by atoms with Crippen LogP contribution in [-0.4, -0.2) is 42.2 Å². The second-order valence-electron chi connectivity index (χ2n) is 11.0. The van der Waals surface area contributed by atoms with Crippen LogP contribution in [0.1, 0.15) is 48.9 Å². The van der Waals surface area contributed by atoms with E-state index in [0.717, 1.165) is 17.7 Å². The van der Waals surface area contributed by atoms with Crippen LogP contribution in [0.5, 0.6) is 0 Å². The van der Waals surface area contributed by atoms with Crippen molar-refractivity contribution < 1.29 is 40.6 Å². The van der Waals surface area contributed by atoms with E-state index >= 15 is 0 Å². The van der Waals surface area contributed by atoms with Crippen molar-refractivity contribution in [2.45, 2.75) is 57.4 Å². The molecular formula is C30H30F7N3O2. The fraction of sp³-hybridized carbons (Fsp3) is 0.400. The quantitative estimate of drug-likeness (QED) is 0.307. The van der Waals surface area contributed by atoms with Crippen LogP contribution in [0.15, 0.2) is 48.7 Å². The summed E-state index contributed by atoms with van der Waals surface area (Å²) < 4.78 is 95.7. The molecule has 1 N–H and O–H groups in total. The van der Waals surface area contributed by atoms with Crippen LogP contribution < -0.4 is 9.80 Å². The number of hydrogen-bond donors (Lipinski definition) is 1. The van der Waals surface area contributed by atoms with Gasteiger partial charge in [-0.15, -0.1) is 0 Å². The summed E-state index contributed by atoms with van der Waals surface area (Å²) in [5.41, 5.74) is -3.74. The van der Waals surface area contributed by atoms with Gasteiger partial charge in [0.15, 0.2) is 0 Å². The van der Waals surface area contributed by atoms with Crippen molar-refractivity contribution in [2.75, 3.05) is 30.0 Å². The Kier molecular flexibility index (Phi) is 8.34. The first-order valence-electron chi connectivity index (χ1n) is 13.2. The first-order chi connectivity index (χ1) is 19.4. The molecule has 0 bridgehead atoms. The van der Waals surface area contributed by atoms with Crippen LogP contribution in [0, 0.1) is 12.7 Å². The molecule has 226 valence electrons. The smallest absolute Gasteiger partial charge is 0.394 e. The summed E-state index contributed by atoms with van der Waals surface area (Å²) in [5.74, 6) is -0.886. The summed E-state index contributed by atoms with van der Waals surface area (Å²) in [6.45, 7) is 4.72. The second-order valence-corrected chi connectivity index (χ2v) is 11.0. The molecule has 0 spiro atoms. The minimum atomic E-state index is -5.08. The third kappa shape index (κ3) is 6.08. The predicted molar refractivity (Wildman–Crippen MR) is 145 cm³/mol. The van der Waals surface area contributed by atoms with Gasteiger partial charge in [-0.25, -0.2) is 9.37 Å². The van der Waals surface area contributed by atoms with Crippen molar-refractivity contribution in [3.8, 4) is 11.1 Å². The molecule has 0 aliphatic carbocycles. The molecule has 1 aliphatic rings. The number of likely N-dealkylation sites (N-methyl/N-ethyl adjacent to an activating group) is 1. The molecular weight excluding hydrogens is 567 g/mol. The van der Waals surface area contributed by atoms with Gasteiger partial charge in [0.25, 0.3) is 0 Å². The second kappa shape index (κ2) is 11.2. The first-order valence-corrected chi connectivity index (χ1v) is 13.2. The monoisotopic (exact) mass is 597 g/mol. The Morgan fingerprint density at radius 3 is 2.14 bits per heavy atom. The molecule has 1 aliphatic heterocycles. The minimum Gasteiger partial charge on any atom is -0.394 e. The number of nitrogens with zero attached hydrogens (tertiary/aromatic N) is 3. The summed E-state index contributed by atoms with van der Waals surface area (Å²) in [7, 11) is 1.34. The van der Waals surface area contributed by atoms with Gasteiger partial charge in [0.2, 0.25) is 5.91 Å². The Balaban J connectivity index is 1.84. The van der Waals surface area contributed by atoms with Gasteiger partial charge in [0.1, 0.15) is 11.6 Å². The highest BCUT2D eigenvalue weighted by Gasteiger charge is 2.41. The molecule has 0 radical (unpaired) electrons. The number of aromatic nitrogens is 1. The number of aryl methyl sites for hydroxylation is 1. The zero-order chi connectivity index (χ0) is 31.2. The van der Waals surface area contributed by atoms with E-state index in [2.05, 4.69) is 4.98 Å². The third-order valence-electron chi connectivity index (χ3n) is 7.75. The van der Waals surface area contributed by atoms with Crippen LogP contribution in [0.25, 0.3) is 11.1 Å². The zero-order valence-electron chi connectivity index (χ0n) is 23.4. The topological polar surface area (TPSA) is 56.7 Å². The molecule has 2 aromatic carbocycles. The van der Waals surface area contributed by atoms with Gasteiger partial charge in [-0.05, 0) is 86.7 Å². The lowest BCUT2D eigenvalue weighted by molar-refractivity contribution is -0.143. The van der Waals surface area contributed by atoms with Crippen LogP contribution in [0.3, 0.4) is 0 Å². The van der Waals surface area contributed by atoms with Gasteiger partial charge >= 0.3 is 12.4 Å². The molecule has 2 heterocycles. The number of aliphatic hydroxyl groups is 1. The number of aliphatic hydroxyl groups excluding tert-OH is 1. The number of anilines is 2. The zero-order valence-corrected chi connectivity index (χ0v) is 23.4. The molecule has 1 amide bonds. The van der Waals surface area contributed by atoms with Gasteiger partial charge in [0, 0.05) is 19.2 Å². The van der Waals surface area contributed by atoms with E-state index < -0.39 is 46.2 Å². The van der Waals surface area contributed by atoms with E-state index in [0.29, 0.717) is 41.2 Å². The highest BCUT2D eigenvalue weighted by molar-refractivity contribution is 6.03. The van der Waals surface area contributed by atoms with Crippen molar-refractivity contribution >= 4 is 17.4 Å². The summed E-state index contributed by atoms with van der Waals surface area (Å²) in [6, 6.07) is 6.66. The SMILES string of the molecule is Cc1ccc(F)cc1-c1cc(N2CCCC2CO)ncc1N(C)C(=O)C(C)(C)c1cc(C(F)(F)F)cc(C(F)(F)F)c1. The number of pyridine rings is 1. The van der Waals surface area contributed by atoms with Crippen molar-refractivity contribution in [3.63, 3.8) is 0 Å². The van der Waals surface area contributed by atoms with Crippen LogP contribution in [0.2, 0.25) is 0 Å². The largest absolute Gasteiger partial charge is 0.416 e. The van der Waals surface area contributed by atoms with Crippen molar-refractivity contribution in [1.29, 1.82) is 0 Å². The number of halogens is 7. The van der Waals surface area contributed by atoms with E-state index in [1.165, 1.54) is 39.2 Å². The standard InChI is InChI=1S/C30H30F7N3O2/c1-17-7-8-21(31)13-23(17)24-14-26(40-9-5-6-22(40)16-41)38-15-25(24)39(4)27(42)28(2,3)18-10-19(29(32,33)34)12-20(11-18)30(35,36)37/h7-8,10-15,22,41H,5-6,9,16H2,1-4H3. The van der Waals surface area contributed by atoms with Crippen molar-refractivity contribution in [1.82, 2.24) is 4.98 Å². The highest BCUT2D eigenvalue weighted by atomic mass is 19.4. The predicted octanol–water partition coefficient (Wildman–Crippen LogP) is 7.14. The summed E-state index contributed by atoms with van der Waals surface area (Å²) >= 11 is 0. The summed E-state index contributed by atoms with van der Waals surface area (Å²) in [5, 5.41) is 9.80. The number of carbonyl (C=O) groups is 1. The molecule has 1 aromatic heterocycles. The number of carbonyl (C=O) groups excluding carboxylic acids is 1. The molecule has 1 fully saturated rings. The summed E-state index contributed by atoms with van der Waals surface area (Å²) in [4.78, 5) is 21.4. The number of rotatable bonds is 6. The maximum absolute atomic E-state index is 14.4. The van der Waals surface area contributed by atoms with Gasteiger partial charge < -0.3 is 14.9 Å². The third-order valence-corrected chi connectivity index (χ3v) is 7.75. The minimum absolute atomic E-state index is 0.0131. The maximum Gasteiger partial charge on any atom is 0.416 e. The van der Waals surface area contributed by atoms with Gasteiger partial charge in [-0.1, -0.05) is 6.07 Å². The molecule has 1 atom stereocenters. The normalized spacial score (nSPS) is 16.2. The van der Waals surface area contributed by atoms with E-state index in [1.807, 2.05) is 4.90 Å². The average molecular weight is 598 g/mol. The maximum atomic E-state index is 14.4. The van der Waals surface area contributed by atoms with E-state index in [1.54, 1.807) is 19.1 Å². The van der Waals surface area contributed by atoms with Crippen LogP contribution in [-0.2, 0) is 22.6 Å².